The summed E-state index contributed by atoms with van der Waals surface area (Å²) in [6.45, 7) is 2.80. The molecule has 0 amide bonds. The molecule has 0 N–H and O–H groups in total. The first-order chi connectivity index (χ1) is 7.84. The minimum Gasteiger partial charge on any atom is -0.288 e. The van der Waals surface area contributed by atoms with Gasteiger partial charge in [0, 0.05) is 24.2 Å². The highest BCUT2D eigenvalue weighted by atomic mass is 14.7. The van der Waals surface area contributed by atoms with E-state index in [4.69, 9.17) is 0 Å². The Balaban J connectivity index is 1.97. The molecule has 1 aromatic heterocycles. The van der Waals surface area contributed by atoms with Crippen molar-refractivity contribution < 1.29 is 0 Å². The van der Waals surface area contributed by atoms with Crippen LogP contribution in [0.5, 0.6) is 0 Å². The highest BCUT2D eigenvalue weighted by molar-refractivity contribution is 5.78. The number of benzene rings is 1. The molecule has 2 rings (SSSR count). The minimum atomic E-state index is 0.717. The molecule has 80 valence electrons. The van der Waals surface area contributed by atoms with Gasteiger partial charge in [-0.15, -0.1) is 0 Å². The van der Waals surface area contributed by atoms with Gasteiger partial charge in [0.15, 0.2) is 0 Å². The van der Waals surface area contributed by atoms with Crippen molar-refractivity contribution in [3.8, 4) is 0 Å². The highest BCUT2D eigenvalue weighted by Gasteiger charge is 1.89. The summed E-state index contributed by atoms with van der Waals surface area (Å²) in [4.78, 5) is 8.41. The van der Waals surface area contributed by atoms with Gasteiger partial charge in [0.05, 0.1) is 6.54 Å². The summed E-state index contributed by atoms with van der Waals surface area (Å²) in [5.74, 6) is 0. The molecule has 0 radical (unpaired) electrons. The van der Waals surface area contributed by atoms with E-state index in [1.54, 1.807) is 12.4 Å². The molecule has 0 bridgehead atoms. The first kappa shape index (κ1) is 10.6. The third-order valence-electron chi connectivity index (χ3n) is 2.32. The smallest absolute Gasteiger partial charge is 0.0639 e. The summed E-state index contributed by atoms with van der Waals surface area (Å²) in [6.07, 6.45) is 5.42. The zero-order chi connectivity index (χ0) is 11.2. The summed E-state index contributed by atoms with van der Waals surface area (Å²) in [5, 5.41) is 0. The second-order valence-electron chi connectivity index (χ2n) is 3.74. The maximum Gasteiger partial charge on any atom is 0.0639 e. The lowest BCUT2D eigenvalue weighted by molar-refractivity contribution is 1.07. The molecule has 0 fully saturated rings. The molecule has 0 atom stereocenters. The Kier molecular flexibility index (Phi) is 3.44. The molecule has 0 aliphatic heterocycles. The minimum absolute atomic E-state index is 0.717. The van der Waals surface area contributed by atoms with Crippen molar-refractivity contribution in [2.24, 2.45) is 4.99 Å². The summed E-state index contributed by atoms with van der Waals surface area (Å²) in [6, 6.07) is 12.3. The van der Waals surface area contributed by atoms with E-state index in [0.717, 1.165) is 12.1 Å². The molecule has 1 heterocycles. The molecular weight excluding hydrogens is 196 g/mol. The van der Waals surface area contributed by atoms with Crippen molar-refractivity contribution in [3.63, 3.8) is 0 Å². The van der Waals surface area contributed by atoms with Crippen LogP contribution in [0, 0.1) is 6.92 Å². The Morgan fingerprint density at radius 1 is 1.19 bits per heavy atom. The molecule has 0 aliphatic rings. The second-order valence-corrected chi connectivity index (χ2v) is 3.74. The van der Waals surface area contributed by atoms with Crippen LogP contribution in [0.3, 0.4) is 0 Å². The monoisotopic (exact) mass is 210 g/mol. The van der Waals surface area contributed by atoms with E-state index >= 15 is 0 Å². The second kappa shape index (κ2) is 5.21. The van der Waals surface area contributed by atoms with Gasteiger partial charge in [-0.2, -0.15) is 0 Å². The fourth-order valence-electron chi connectivity index (χ4n) is 1.40. The Hall–Kier alpha value is -1.96. The van der Waals surface area contributed by atoms with Crippen molar-refractivity contribution in [1.29, 1.82) is 0 Å². The zero-order valence-electron chi connectivity index (χ0n) is 9.30. The van der Waals surface area contributed by atoms with E-state index in [1.165, 1.54) is 11.1 Å². The van der Waals surface area contributed by atoms with Gasteiger partial charge < -0.3 is 0 Å². The van der Waals surface area contributed by atoms with Gasteiger partial charge in [0.1, 0.15) is 0 Å². The van der Waals surface area contributed by atoms with Crippen LogP contribution in [0.25, 0.3) is 0 Å². The molecule has 2 aromatic rings. The van der Waals surface area contributed by atoms with Crippen molar-refractivity contribution in [3.05, 3.63) is 65.5 Å². The Bertz CT molecular complexity index is 458. The first-order valence-corrected chi connectivity index (χ1v) is 5.30. The largest absolute Gasteiger partial charge is 0.288 e. The number of aryl methyl sites for hydroxylation is 1. The average Bonchev–Trinajstić information content (AvgIpc) is 2.33. The molecule has 0 saturated heterocycles. The van der Waals surface area contributed by atoms with Crippen LogP contribution in [0.2, 0.25) is 0 Å². The number of rotatable bonds is 3. The summed E-state index contributed by atoms with van der Waals surface area (Å²) in [7, 11) is 0. The number of pyridine rings is 1. The van der Waals surface area contributed by atoms with Gasteiger partial charge in [-0.1, -0.05) is 35.9 Å². The maximum absolute atomic E-state index is 4.38. The van der Waals surface area contributed by atoms with Crippen molar-refractivity contribution >= 4 is 6.21 Å². The molecule has 16 heavy (non-hydrogen) atoms. The first-order valence-electron chi connectivity index (χ1n) is 5.30. The van der Waals surface area contributed by atoms with Crippen LogP contribution in [-0.2, 0) is 6.54 Å². The number of nitrogens with zero attached hydrogens (tertiary/aromatic N) is 2. The molecule has 2 nitrogen and oxygen atoms in total. The van der Waals surface area contributed by atoms with Crippen LogP contribution < -0.4 is 0 Å². The van der Waals surface area contributed by atoms with Crippen molar-refractivity contribution in [2.45, 2.75) is 13.5 Å². The summed E-state index contributed by atoms with van der Waals surface area (Å²) < 4.78 is 0. The predicted molar refractivity (Wildman–Crippen MR) is 66.7 cm³/mol. The lowest BCUT2D eigenvalue weighted by atomic mass is 10.1. The van der Waals surface area contributed by atoms with Gasteiger partial charge in [-0.25, -0.2) is 0 Å². The molecule has 0 aliphatic carbocycles. The number of aromatic nitrogens is 1. The van der Waals surface area contributed by atoms with E-state index in [2.05, 4.69) is 41.2 Å². The summed E-state index contributed by atoms with van der Waals surface area (Å²) >= 11 is 0. The van der Waals surface area contributed by atoms with Crippen molar-refractivity contribution in [2.75, 3.05) is 0 Å². The third-order valence-corrected chi connectivity index (χ3v) is 2.32. The molecule has 0 spiro atoms. The van der Waals surface area contributed by atoms with E-state index in [0.29, 0.717) is 0 Å². The van der Waals surface area contributed by atoms with Gasteiger partial charge in [0.25, 0.3) is 0 Å². The molecule has 0 saturated carbocycles. The number of aliphatic imine (C=N–C) groups is 1. The van der Waals surface area contributed by atoms with Crippen molar-refractivity contribution in [1.82, 2.24) is 4.98 Å². The predicted octanol–water partition coefficient (Wildman–Crippen LogP) is 3.01. The SMILES string of the molecule is Cc1ccc(CN=Cc2cccnc2)cc1. The Labute approximate surface area is 95.7 Å². The van der Waals surface area contributed by atoms with Gasteiger partial charge in [0.2, 0.25) is 0 Å². The molecular formula is C14H14N2. The fraction of sp³-hybridized carbons (Fsp3) is 0.143. The fourth-order valence-corrected chi connectivity index (χ4v) is 1.40. The van der Waals surface area contributed by atoms with Crippen LogP contribution in [0.4, 0.5) is 0 Å². The van der Waals surface area contributed by atoms with Gasteiger partial charge in [-0.05, 0) is 18.6 Å². The topological polar surface area (TPSA) is 25.2 Å². The van der Waals surface area contributed by atoms with Crippen LogP contribution in [0.15, 0.2) is 53.8 Å². The zero-order valence-corrected chi connectivity index (χ0v) is 9.30. The van der Waals surface area contributed by atoms with E-state index in [-0.39, 0.29) is 0 Å². The van der Waals surface area contributed by atoms with Crippen LogP contribution >= 0.6 is 0 Å². The number of hydrogen-bond donors (Lipinski definition) is 0. The number of hydrogen-bond acceptors (Lipinski definition) is 2. The van der Waals surface area contributed by atoms with E-state index in [9.17, 15) is 0 Å². The molecule has 0 unspecified atom stereocenters. The normalized spacial score (nSPS) is 10.8. The summed E-state index contributed by atoms with van der Waals surface area (Å²) in [5.41, 5.74) is 3.54. The van der Waals surface area contributed by atoms with E-state index in [1.807, 2.05) is 18.3 Å². The van der Waals surface area contributed by atoms with Gasteiger partial charge in [-0.3, -0.25) is 9.98 Å². The Morgan fingerprint density at radius 2 is 2.00 bits per heavy atom. The standard InChI is InChI=1S/C14H14N2/c1-12-4-6-13(7-5-12)9-16-11-14-3-2-8-15-10-14/h2-8,10-11H,9H2,1H3. The maximum atomic E-state index is 4.38. The van der Waals surface area contributed by atoms with Gasteiger partial charge >= 0.3 is 0 Å². The highest BCUT2D eigenvalue weighted by Crippen LogP contribution is 2.04. The quantitative estimate of drug-likeness (QED) is 0.715. The Morgan fingerprint density at radius 3 is 2.69 bits per heavy atom. The molecule has 2 heteroatoms. The van der Waals surface area contributed by atoms with E-state index < -0.39 is 0 Å². The lowest BCUT2D eigenvalue weighted by Crippen LogP contribution is -1.85. The molecule has 1 aromatic carbocycles. The third kappa shape index (κ3) is 3.02. The average molecular weight is 210 g/mol. The van der Waals surface area contributed by atoms with Crippen LogP contribution in [0.1, 0.15) is 16.7 Å². The lowest BCUT2D eigenvalue weighted by Gasteiger charge is -1.97. The van der Waals surface area contributed by atoms with Crippen LogP contribution in [-0.4, -0.2) is 11.2 Å².